The summed E-state index contributed by atoms with van der Waals surface area (Å²) < 4.78 is 16.5. The van der Waals surface area contributed by atoms with E-state index >= 15 is 0 Å². The predicted octanol–water partition coefficient (Wildman–Crippen LogP) is 5.72. The summed E-state index contributed by atoms with van der Waals surface area (Å²) in [6.07, 6.45) is 1.57. The number of methoxy groups -OCH3 is 1. The molecule has 0 saturated heterocycles. The van der Waals surface area contributed by atoms with E-state index in [0.717, 1.165) is 0 Å². The zero-order chi connectivity index (χ0) is 26.0. The standard InChI is InChI=1S/C25H24ClN5O5/c1-25(2,3)21-12-22(31-36-21)30-24(33)29-17-6-5-13(9-16(17)26)35-19-7-8-28-18-11-20(34-4)15(23(27)32)10-14(18)19/h5-12H,1-4H3,(H2,27,32)(H2,29,30,31,33). The minimum atomic E-state index is -0.638. The van der Waals surface area contributed by atoms with Crippen molar-refractivity contribution in [2.75, 3.05) is 17.7 Å². The summed E-state index contributed by atoms with van der Waals surface area (Å²) in [4.78, 5) is 28.5. The Labute approximate surface area is 211 Å². The molecule has 2 aromatic heterocycles. The van der Waals surface area contributed by atoms with E-state index in [9.17, 15) is 9.59 Å². The van der Waals surface area contributed by atoms with Crippen molar-refractivity contribution in [3.63, 3.8) is 0 Å². The van der Waals surface area contributed by atoms with Gasteiger partial charge in [0.25, 0.3) is 5.91 Å². The number of nitrogens with zero attached hydrogens (tertiary/aromatic N) is 2. The molecule has 0 atom stereocenters. The maximum atomic E-state index is 12.4. The van der Waals surface area contributed by atoms with Crippen LogP contribution in [-0.4, -0.2) is 29.2 Å². The Balaban J connectivity index is 1.51. The Morgan fingerprint density at radius 3 is 2.47 bits per heavy atom. The number of nitrogens with one attached hydrogen (secondary N) is 2. The second-order valence-electron chi connectivity index (χ2n) is 8.89. The Morgan fingerprint density at radius 1 is 1.06 bits per heavy atom. The highest BCUT2D eigenvalue weighted by molar-refractivity contribution is 6.34. The first-order chi connectivity index (χ1) is 17.0. The zero-order valence-electron chi connectivity index (χ0n) is 20.0. The highest BCUT2D eigenvalue weighted by Gasteiger charge is 2.20. The molecule has 3 amide bonds. The van der Waals surface area contributed by atoms with Crippen molar-refractivity contribution in [1.29, 1.82) is 0 Å². The fraction of sp³-hybridized carbons (Fsp3) is 0.200. The van der Waals surface area contributed by atoms with Crippen LogP contribution in [0, 0.1) is 0 Å². The first-order valence-electron chi connectivity index (χ1n) is 10.8. The number of carbonyl (C=O) groups is 2. The monoisotopic (exact) mass is 509 g/mol. The molecule has 0 aliphatic heterocycles. The molecule has 0 spiro atoms. The minimum absolute atomic E-state index is 0.202. The summed E-state index contributed by atoms with van der Waals surface area (Å²) in [6, 6.07) is 10.7. The fourth-order valence-corrected chi connectivity index (χ4v) is 3.56. The Kier molecular flexibility index (Phi) is 6.71. The topological polar surface area (TPSA) is 142 Å². The van der Waals surface area contributed by atoms with E-state index in [1.807, 2.05) is 20.8 Å². The number of halogens is 1. The molecule has 0 saturated carbocycles. The molecule has 0 aliphatic carbocycles. The maximum absolute atomic E-state index is 12.4. The Bertz CT molecular complexity index is 1460. The number of aromatic nitrogens is 2. The van der Waals surface area contributed by atoms with Crippen molar-refractivity contribution in [2.45, 2.75) is 26.2 Å². The van der Waals surface area contributed by atoms with E-state index in [2.05, 4.69) is 20.8 Å². The van der Waals surface area contributed by atoms with Gasteiger partial charge in [0.2, 0.25) is 0 Å². The number of rotatable bonds is 6. The van der Waals surface area contributed by atoms with E-state index in [1.54, 1.807) is 48.7 Å². The number of carbonyl (C=O) groups excluding carboxylic acids is 2. The summed E-state index contributed by atoms with van der Waals surface area (Å²) in [5.74, 6) is 1.44. The largest absolute Gasteiger partial charge is 0.496 e. The molecule has 4 rings (SSSR count). The second-order valence-corrected chi connectivity index (χ2v) is 9.30. The Hall–Kier alpha value is -4.31. The van der Waals surface area contributed by atoms with Crippen LogP contribution in [0.15, 0.2) is 53.2 Å². The predicted molar refractivity (Wildman–Crippen MR) is 136 cm³/mol. The average Bonchev–Trinajstić information content (AvgIpc) is 3.29. The lowest BCUT2D eigenvalue weighted by molar-refractivity contribution is 0.0997. The molecule has 36 heavy (non-hydrogen) atoms. The van der Waals surface area contributed by atoms with Crippen LogP contribution in [0.1, 0.15) is 36.9 Å². The van der Waals surface area contributed by atoms with E-state index in [4.69, 9.17) is 31.3 Å². The third kappa shape index (κ3) is 5.33. The van der Waals surface area contributed by atoms with Crippen LogP contribution in [-0.2, 0) is 5.41 Å². The molecule has 10 nitrogen and oxygen atoms in total. The number of fused-ring (bicyclic) bond motifs is 1. The molecule has 0 bridgehead atoms. The lowest BCUT2D eigenvalue weighted by atomic mass is 9.93. The van der Waals surface area contributed by atoms with Gasteiger partial charge in [-0.05, 0) is 24.3 Å². The highest BCUT2D eigenvalue weighted by Crippen LogP contribution is 2.35. The van der Waals surface area contributed by atoms with Gasteiger partial charge in [-0.15, -0.1) is 0 Å². The molecule has 4 N–H and O–H groups in total. The SMILES string of the molecule is COc1cc2nccc(Oc3ccc(NC(=O)Nc4cc(C(C)(C)C)on4)c(Cl)c3)c2cc1C(N)=O. The third-order valence-corrected chi connectivity index (χ3v) is 5.51. The number of ether oxygens (including phenoxy) is 2. The summed E-state index contributed by atoms with van der Waals surface area (Å²) in [6.45, 7) is 5.93. The van der Waals surface area contributed by atoms with Crippen molar-refractivity contribution >= 4 is 45.9 Å². The molecule has 2 heterocycles. The highest BCUT2D eigenvalue weighted by atomic mass is 35.5. The van der Waals surface area contributed by atoms with E-state index in [1.165, 1.54) is 7.11 Å². The number of urea groups is 1. The number of hydrogen-bond donors (Lipinski definition) is 3. The molecular formula is C25H24ClN5O5. The van der Waals surface area contributed by atoms with Crippen LogP contribution < -0.4 is 25.8 Å². The Morgan fingerprint density at radius 2 is 1.83 bits per heavy atom. The van der Waals surface area contributed by atoms with Gasteiger partial charge >= 0.3 is 6.03 Å². The molecule has 0 aliphatic rings. The van der Waals surface area contributed by atoms with Gasteiger partial charge in [0.1, 0.15) is 23.0 Å². The molecule has 4 aromatic rings. The van der Waals surface area contributed by atoms with Crippen LogP contribution in [0.4, 0.5) is 16.3 Å². The van der Waals surface area contributed by atoms with Gasteiger partial charge in [0.15, 0.2) is 5.82 Å². The van der Waals surface area contributed by atoms with Crippen LogP contribution in [0.3, 0.4) is 0 Å². The van der Waals surface area contributed by atoms with Gasteiger partial charge in [-0.2, -0.15) is 0 Å². The van der Waals surface area contributed by atoms with Crippen molar-refractivity contribution in [3.05, 3.63) is 65.0 Å². The van der Waals surface area contributed by atoms with E-state index in [-0.39, 0.29) is 21.8 Å². The maximum Gasteiger partial charge on any atom is 0.324 e. The molecule has 2 aromatic carbocycles. The number of primary amides is 1. The minimum Gasteiger partial charge on any atom is -0.496 e. The van der Waals surface area contributed by atoms with Gasteiger partial charge in [-0.3, -0.25) is 15.1 Å². The van der Waals surface area contributed by atoms with Crippen LogP contribution in [0.2, 0.25) is 5.02 Å². The first-order valence-corrected chi connectivity index (χ1v) is 11.2. The normalized spacial score (nSPS) is 11.2. The second kappa shape index (κ2) is 9.74. The van der Waals surface area contributed by atoms with Crippen molar-refractivity contribution < 1.29 is 23.6 Å². The van der Waals surface area contributed by atoms with E-state index < -0.39 is 11.9 Å². The fourth-order valence-electron chi connectivity index (χ4n) is 3.34. The molecular weight excluding hydrogens is 486 g/mol. The van der Waals surface area contributed by atoms with Gasteiger partial charge in [-0.1, -0.05) is 37.5 Å². The van der Waals surface area contributed by atoms with Crippen LogP contribution in [0.25, 0.3) is 10.9 Å². The molecule has 186 valence electrons. The smallest absolute Gasteiger partial charge is 0.324 e. The van der Waals surface area contributed by atoms with Crippen LogP contribution in [0.5, 0.6) is 17.2 Å². The molecule has 11 heteroatoms. The molecule has 0 unspecified atom stereocenters. The van der Waals surface area contributed by atoms with E-state index in [0.29, 0.717) is 39.6 Å². The number of benzene rings is 2. The quantitative estimate of drug-likeness (QED) is 0.302. The lowest BCUT2D eigenvalue weighted by Gasteiger charge is -2.13. The van der Waals surface area contributed by atoms with Gasteiger partial charge < -0.3 is 25.0 Å². The van der Waals surface area contributed by atoms with Crippen LogP contribution >= 0.6 is 11.6 Å². The molecule has 0 fully saturated rings. The number of amides is 3. The van der Waals surface area contributed by atoms with Gasteiger partial charge in [0, 0.05) is 35.2 Å². The average molecular weight is 510 g/mol. The van der Waals surface area contributed by atoms with Gasteiger partial charge in [0.05, 0.1) is 28.9 Å². The summed E-state index contributed by atoms with van der Waals surface area (Å²) in [5.41, 5.74) is 6.36. The first kappa shape index (κ1) is 24.8. The lowest BCUT2D eigenvalue weighted by Crippen LogP contribution is -2.19. The number of anilines is 2. The molecule has 0 radical (unpaired) electrons. The number of nitrogens with two attached hydrogens (primary N) is 1. The van der Waals surface area contributed by atoms with Crippen molar-refractivity contribution in [3.8, 4) is 17.2 Å². The summed E-state index contributed by atoms with van der Waals surface area (Å²) >= 11 is 6.38. The number of pyridine rings is 1. The summed E-state index contributed by atoms with van der Waals surface area (Å²) in [7, 11) is 1.45. The van der Waals surface area contributed by atoms with Crippen molar-refractivity contribution in [2.24, 2.45) is 5.73 Å². The zero-order valence-corrected chi connectivity index (χ0v) is 20.8. The third-order valence-electron chi connectivity index (χ3n) is 5.20. The van der Waals surface area contributed by atoms with Gasteiger partial charge in [-0.25, -0.2) is 4.79 Å². The number of hydrogen-bond acceptors (Lipinski definition) is 7. The summed E-state index contributed by atoms with van der Waals surface area (Å²) in [5, 5.41) is 9.94. The van der Waals surface area contributed by atoms with Crippen molar-refractivity contribution in [1.82, 2.24) is 10.1 Å².